The molecule has 40 heavy (non-hydrogen) atoms. The minimum atomic E-state index is -2.75. The molecule has 1 aliphatic rings. The summed E-state index contributed by atoms with van der Waals surface area (Å²) in [6.07, 6.45) is 2.08. The monoisotopic (exact) mass is 675 g/mol. The number of alkyl halides is 2. The molecule has 0 spiro atoms. The third-order valence-electron chi connectivity index (χ3n) is 6.62. The van der Waals surface area contributed by atoms with Crippen molar-refractivity contribution in [1.82, 2.24) is 29.1 Å². The standard InChI is InChI=1S/C26H25F2IN9OP/c1-36-12-9-17(35-36)16-5-3-6-18(23(16)39-2)31-19-13-21(32-20-8-7-15(14-30-20)37-10-4-11-37)33-25-22(19)34-26(24(27)28)38(25)40-29/h3,5-9,12-14,24,40H,4,10-11H2,1-2H3,(H2,30,31,32,33). The van der Waals surface area contributed by atoms with E-state index >= 15 is 0 Å². The Balaban J connectivity index is 1.42. The number of nitrogens with one attached hydrogen (secondary N) is 2. The molecule has 0 bridgehead atoms. The lowest BCUT2D eigenvalue weighted by Gasteiger charge is -2.32. The first-order valence-corrected chi connectivity index (χ1v) is 16.5. The van der Waals surface area contributed by atoms with E-state index in [1.807, 2.05) is 55.8 Å². The molecule has 1 aromatic carbocycles. The maximum absolute atomic E-state index is 14.0. The minimum Gasteiger partial charge on any atom is -0.494 e. The smallest absolute Gasteiger partial charge is 0.295 e. The van der Waals surface area contributed by atoms with Crippen molar-refractivity contribution in [2.45, 2.75) is 12.8 Å². The summed E-state index contributed by atoms with van der Waals surface area (Å²) in [6, 6.07) is 13.2. The molecule has 1 aliphatic heterocycles. The number of benzene rings is 1. The number of rotatable bonds is 9. The van der Waals surface area contributed by atoms with Gasteiger partial charge in [-0.3, -0.25) is 9.02 Å². The highest BCUT2D eigenvalue weighted by Gasteiger charge is 2.23. The van der Waals surface area contributed by atoms with Crippen LogP contribution in [0, 0.1) is 0 Å². The summed E-state index contributed by atoms with van der Waals surface area (Å²) in [5.74, 6) is 1.26. The van der Waals surface area contributed by atoms with Gasteiger partial charge in [-0.05, 0) is 58.8 Å². The van der Waals surface area contributed by atoms with Crippen molar-refractivity contribution >= 4 is 68.3 Å². The molecular formula is C26H25F2IN9OP. The lowest BCUT2D eigenvalue weighted by atomic mass is 10.1. The highest BCUT2D eigenvalue weighted by atomic mass is 127. The van der Waals surface area contributed by atoms with Crippen molar-refractivity contribution < 1.29 is 13.5 Å². The summed E-state index contributed by atoms with van der Waals surface area (Å²) in [5, 5.41) is 11.1. The van der Waals surface area contributed by atoms with Gasteiger partial charge < -0.3 is 20.3 Å². The van der Waals surface area contributed by atoms with Gasteiger partial charge in [-0.25, -0.2) is 23.7 Å². The fraction of sp³-hybridized carbons (Fsp3) is 0.231. The molecule has 0 saturated carbocycles. The van der Waals surface area contributed by atoms with Crippen LogP contribution in [0.4, 0.5) is 37.5 Å². The number of fused-ring (bicyclic) bond motifs is 1. The summed E-state index contributed by atoms with van der Waals surface area (Å²) >= 11 is 2.06. The highest BCUT2D eigenvalue weighted by molar-refractivity contribution is 14.2. The van der Waals surface area contributed by atoms with Crippen LogP contribution in [-0.2, 0) is 7.05 Å². The molecule has 4 aromatic heterocycles. The van der Waals surface area contributed by atoms with E-state index in [4.69, 9.17) is 4.74 Å². The number of aromatic nitrogens is 6. The first-order valence-electron chi connectivity index (χ1n) is 12.5. The molecule has 5 heterocycles. The Labute approximate surface area is 243 Å². The molecular weight excluding hydrogens is 650 g/mol. The van der Waals surface area contributed by atoms with E-state index in [1.54, 1.807) is 17.9 Å². The first kappa shape index (κ1) is 26.6. The van der Waals surface area contributed by atoms with Crippen LogP contribution in [0.2, 0.25) is 0 Å². The fourth-order valence-corrected chi connectivity index (χ4v) is 6.46. The number of anilines is 5. The summed E-state index contributed by atoms with van der Waals surface area (Å²) in [7, 11) is 3.43. The largest absolute Gasteiger partial charge is 0.494 e. The second-order valence-electron chi connectivity index (χ2n) is 9.17. The molecule has 14 heteroatoms. The molecule has 6 rings (SSSR count). The van der Waals surface area contributed by atoms with Crippen molar-refractivity contribution in [2.75, 3.05) is 35.7 Å². The topological polar surface area (TPSA) is 98.0 Å². The van der Waals surface area contributed by atoms with E-state index in [9.17, 15) is 8.78 Å². The van der Waals surface area contributed by atoms with E-state index in [2.05, 4.69) is 57.6 Å². The third-order valence-corrected chi connectivity index (χ3v) is 8.68. The number of para-hydroxylation sites is 1. The van der Waals surface area contributed by atoms with Crippen LogP contribution in [-0.4, -0.2) is 49.3 Å². The van der Waals surface area contributed by atoms with Gasteiger partial charge in [0.2, 0.25) is 0 Å². The van der Waals surface area contributed by atoms with Crippen LogP contribution in [0.3, 0.4) is 0 Å². The number of hydrogen-bond acceptors (Lipinski definition) is 8. The van der Waals surface area contributed by atoms with Crippen LogP contribution < -0.4 is 20.3 Å². The van der Waals surface area contributed by atoms with E-state index in [-0.39, 0.29) is 12.2 Å². The minimum absolute atomic E-state index is 0.0211. The zero-order chi connectivity index (χ0) is 27.8. The maximum Gasteiger partial charge on any atom is 0.295 e. The second kappa shape index (κ2) is 11.1. The first-order chi connectivity index (χ1) is 19.4. The summed E-state index contributed by atoms with van der Waals surface area (Å²) in [4.78, 5) is 15.8. The van der Waals surface area contributed by atoms with Crippen LogP contribution in [0.25, 0.3) is 22.4 Å². The Morgan fingerprint density at radius 3 is 2.52 bits per heavy atom. The van der Waals surface area contributed by atoms with Crippen molar-refractivity contribution in [2.24, 2.45) is 7.05 Å². The molecule has 1 atom stereocenters. The van der Waals surface area contributed by atoms with E-state index < -0.39 is 6.43 Å². The lowest BCUT2D eigenvalue weighted by Crippen LogP contribution is -2.36. The van der Waals surface area contributed by atoms with Gasteiger partial charge in [-0.2, -0.15) is 5.10 Å². The van der Waals surface area contributed by atoms with Gasteiger partial charge in [0.1, 0.15) is 17.2 Å². The number of nitrogens with zero attached hydrogens (tertiary/aromatic N) is 7. The lowest BCUT2D eigenvalue weighted by molar-refractivity contribution is 0.140. The maximum atomic E-state index is 14.0. The van der Waals surface area contributed by atoms with Crippen LogP contribution >= 0.6 is 28.4 Å². The molecule has 1 unspecified atom stereocenters. The van der Waals surface area contributed by atoms with Gasteiger partial charge in [0.15, 0.2) is 17.2 Å². The van der Waals surface area contributed by atoms with Crippen molar-refractivity contribution in [3.63, 3.8) is 0 Å². The average molecular weight is 675 g/mol. The fourth-order valence-electron chi connectivity index (χ4n) is 4.57. The number of aryl methyl sites for hydroxylation is 1. The average Bonchev–Trinajstić information content (AvgIpc) is 3.52. The number of imidazole rings is 1. The summed E-state index contributed by atoms with van der Waals surface area (Å²) in [5.41, 5.74) is 4.39. The van der Waals surface area contributed by atoms with Gasteiger partial charge in [0.25, 0.3) is 6.43 Å². The Bertz CT molecular complexity index is 1670. The molecule has 1 saturated heterocycles. The predicted molar refractivity (Wildman–Crippen MR) is 163 cm³/mol. The molecule has 0 aliphatic carbocycles. The van der Waals surface area contributed by atoms with Gasteiger partial charge in [-0.1, -0.05) is 6.07 Å². The second-order valence-corrected chi connectivity index (χ2v) is 11.2. The quantitative estimate of drug-likeness (QED) is 0.132. The number of pyridine rings is 2. The molecule has 5 aromatic rings. The van der Waals surface area contributed by atoms with Gasteiger partial charge in [-0.15, -0.1) is 0 Å². The number of methoxy groups -OCH3 is 1. The van der Waals surface area contributed by atoms with Gasteiger partial charge in [0, 0.05) is 38.0 Å². The molecule has 0 amide bonds. The molecule has 2 N–H and O–H groups in total. The van der Waals surface area contributed by atoms with Crippen LogP contribution in [0.1, 0.15) is 18.7 Å². The number of hydrogen-bond donors (Lipinski definition) is 2. The van der Waals surface area contributed by atoms with E-state index in [1.165, 1.54) is 10.8 Å². The van der Waals surface area contributed by atoms with Crippen molar-refractivity contribution in [3.05, 3.63) is 60.7 Å². The van der Waals surface area contributed by atoms with Crippen molar-refractivity contribution in [1.29, 1.82) is 0 Å². The Kier molecular flexibility index (Phi) is 7.41. The van der Waals surface area contributed by atoms with Gasteiger partial charge in [0.05, 0.1) is 42.4 Å². The van der Waals surface area contributed by atoms with Gasteiger partial charge >= 0.3 is 0 Å². The molecule has 10 nitrogen and oxygen atoms in total. The number of halogens is 3. The Hall–Kier alpha value is -3.58. The van der Waals surface area contributed by atoms with Crippen LogP contribution in [0.5, 0.6) is 5.75 Å². The zero-order valence-corrected chi connectivity index (χ0v) is 24.7. The SMILES string of the molecule is COc1c(Nc2cc(Nc3ccc(N4CCC4)cn3)nc3c2nc(C(F)F)n3PI)cccc1-c1ccn(C)n1. The zero-order valence-electron chi connectivity index (χ0n) is 21.6. The van der Waals surface area contributed by atoms with E-state index in [0.29, 0.717) is 39.9 Å². The molecule has 1 fully saturated rings. The molecule has 0 radical (unpaired) electrons. The highest BCUT2D eigenvalue weighted by Crippen LogP contribution is 2.41. The Morgan fingerprint density at radius 1 is 1.05 bits per heavy atom. The van der Waals surface area contributed by atoms with Crippen LogP contribution in [0.15, 0.2) is 54.9 Å². The van der Waals surface area contributed by atoms with Crippen molar-refractivity contribution in [3.8, 4) is 17.0 Å². The third kappa shape index (κ3) is 5.03. The molecule has 206 valence electrons. The van der Waals surface area contributed by atoms with E-state index in [0.717, 1.165) is 30.0 Å². The Morgan fingerprint density at radius 2 is 1.90 bits per heavy atom. The normalized spacial score (nSPS) is 13.4. The number of ether oxygens (including phenoxy) is 1. The summed E-state index contributed by atoms with van der Waals surface area (Å²) in [6.45, 7) is 2.06. The summed E-state index contributed by atoms with van der Waals surface area (Å²) < 4.78 is 36.9. The predicted octanol–water partition coefficient (Wildman–Crippen LogP) is 6.66.